The van der Waals surface area contributed by atoms with Gasteiger partial charge >= 0.3 is 0 Å². The van der Waals surface area contributed by atoms with Gasteiger partial charge in [0.1, 0.15) is 5.75 Å². The smallest absolute Gasteiger partial charge is 0.217 e. The first-order valence-corrected chi connectivity index (χ1v) is 8.70. The number of hydrogen-bond acceptors (Lipinski definition) is 4. The van der Waals surface area contributed by atoms with Crippen LogP contribution in [0.15, 0.2) is 40.9 Å². The SMILES string of the molecule is CCOc1ccc([C@H](NC(C)=O)c2cc(OC)c(OC)cc2Br)cc1. The Hall–Kier alpha value is -2.21. The van der Waals surface area contributed by atoms with E-state index in [2.05, 4.69) is 21.2 Å². The number of halogens is 1. The zero-order valence-corrected chi connectivity index (χ0v) is 16.3. The third-order valence-electron chi connectivity index (χ3n) is 3.69. The van der Waals surface area contributed by atoms with Crippen molar-refractivity contribution in [1.29, 1.82) is 0 Å². The molecule has 25 heavy (non-hydrogen) atoms. The molecule has 0 bridgehead atoms. The highest BCUT2D eigenvalue weighted by Gasteiger charge is 2.21. The molecule has 1 atom stereocenters. The van der Waals surface area contributed by atoms with Gasteiger partial charge in [-0.1, -0.05) is 28.1 Å². The van der Waals surface area contributed by atoms with E-state index in [4.69, 9.17) is 14.2 Å². The third kappa shape index (κ3) is 4.66. The molecule has 1 amide bonds. The first-order chi connectivity index (χ1) is 12.0. The standard InChI is InChI=1S/C19H22BrNO4/c1-5-25-14-8-6-13(7-9-14)19(21-12(2)22)15-10-17(23-3)18(24-4)11-16(15)20/h6-11,19H,5H2,1-4H3,(H,21,22)/t19-/m0/s1. The molecule has 0 aliphatic heterocycles. The van der Waals surface area contributed by atoms with Gasteiger partial charge in [-0.2, -0.15) is 0 Å². The lowest BCUT2D eigenvalue weighted by Gasteiger charge is -2.22. The van der Waals surface area contributed by atoms with Crippen LogP contribution in [0.1, 0.15) is 31.0 Å². The lowest BCUT2D eigenvalue weighted by atomic mass is 9.98. The monoisotopic (exact) mass is 407 g/mol. The summed E-state index contributed by atoms with van der Waals surface area (Å²) >= 11 is 3.57. The van der Waals surface area contributed by atoms with Crippen LogP contribution in [0.3, 0.4) is 0 Å². The van der Waals surface area contributed by atoms with E-state index in [1.54, 1.807) is 14.2 Å². The second kappa shape index (κ2) is 8.76. The number of amides is 1. The maximum Gasteiger partial charge on any atom is 0.217 e. The Kier molecular flexibility index (Phi) is 6.70. The Morgan fingerprint density at radius 3 is 2.24 bits per heavy atom. The molecule has 6 heteroatoms. The summed E-state index contributed by atoms with van der Waals surface area (Å²) < 4.78 is 17.0. The molecule has 0 radical (unpaired) electrons. The summed E-state index contributed by atoms with van der Waals surface area (Å²) in [5, 5.41) is 2.99. The minimum atomic E-state index is -0.331. The van der Waals surface area contributed by atoms with E-state index in [0.717, 1.165) is 21.3 Å². The summed E-state index contributed by atoms with van der Waals surface area (Å²) in [7, 11) is 3.17. The van der Waals surface area contributed by atoms with E-state index in [1.165, 1.54) is 6.92 Å². The Labute approximate surface area is 156 Å². The number of hydrogen-bond donors (Lipinski definition) is 1. The molecule has 0 aliphatic rings. The molecular formula is C19H22BrNO4. The predicted molar refractivity (Wildman–Crippen MR) is 101 cm³/mol. The minimum Gasteiger partial charge on any atom is -0.494 e. The van der Waals surface area contributed by atoms with Gasteiger partial charge in [0, 0.05) is 11.4 Å². The van der Waals surface area contributed by atoms with E-state index in [-0.39, 0.29) is 11.9 Å². The lowest BCUT2D eigenvalue weighted by molar-refractivity contribution is -0.119. The minimum absolute atomic E-state index is 0.124. The van der Waals surface area contributed by atoms with Crippen LogP contribution < -0.4 is 19.5 Å². The summed E-state index contributed by atoms with van der Waals surface area (Å²) in [5.41, 5.74) is 1.81. The molecule has 0 fully saturated rings. The summed E-state index contributed by atoms with van der Waals surface area (Å²) in [5.74, 6) is 1.88. The highest BCUT2D eigenvalue weighted by atomic mass is 79.9. The van der Waals surface area contributed by atoms with Gasteiger partial charge in [0.05, 0.1) is 26.9 Å². The van der Waals surface area contributed by atoms with Crippen molar-refractivity contribution < 1.29 is 19.0 Å². The Morgan fingerprint density at radius 2 is 1.72 bits per heavy atom. The number of rotatable bonds is 7. The fourth-order valence-electron chi connectivity index (χ4n) is 2.56. The second-order valence-corrected chi connectivity index (χ2v) is 6.22. The largest absolute Gasteiger partial charge is 0.494 e. The molecule has 0 spiro atoms. The maximum atomic E-state index is 11.8. The Bertz CT molecular complexity index is 731. The van der Waals surface area contributed by atoms with E-state index < -0.39 is 0 Å². The van der Waals surface area contributed by atoms with Crippen LogP contribution in [0.2, 0.25) is 0 Å². The van der Waals surface area contributed by atoms with Gasteiger partial charge < -0.3 is 19.5 Å². The van der Waals surface area contributed by atoms with Crippen molar-refractivity contribution in [3.8, 4) is 17.2 Å². The van der Waals surface area contributed by atoms with Crippen LogP contribution in [0.25, 0.3) is 0 Å². The molecule has 5 nitrogen and oxygen atoms in total. The number of methoxy groups -OCH3 is 2. The van der Waals surface area contributed by atoms with Crippen LogP contribution in [-0.4, -0.2) is 26.7 Å². The van der Waals surface area contributed by atoms with Crippen LogP contribution in [0.5, 0.6) is 17.2 Å². The van der Waals surface area contributed by atoms with Crippen molar-refractivity contribution in [3.05, 3.63) is 52.0 Å². The molecule has 0 aromatic heterocycles. The first kappa shape index (κ1) is 19.1. The molecule has 2 aromatic rings. The summed E-state index contributed by atoms with van der Waals surface area (Å²) in [6.07, 6.45) is 0. The van der Waals surface area contributed by atoms with Gasteiger partial charge in [0.15, 0.2) is 11.5 Å². The molecular weight excluding hydrogens is 386 g/mol. The van der Waals surface area contributed by atoms with Gasteiger partial charge in [-0.05, 0) is 42.3 Å². The Morgan fingerprint density at radius 1 is 1.12 bits per heavy atom. The van der Waals surface area contributed by atoms with Crippen molar-refractivity contribution >= 4 is 21.8 Å². The van der Waals surface area contributed by atoms with E-state index in [9.17, 15) is 4.79 Å². The van der Waals surface area contributed by atoms with Crippen molar-refractivity contribution in [3.63, 3.8) is 0 Å². The normalized spacial score (nSPS) is 11.6. The van der Waals surface area contributed by atoms with Crippen LogP contribution in [0.4, 0.5) is 0 Å². The fourth-order valence-corrected chi connectivity index (χ4v) is 3.11. The zero-order chi connectivity index (χ0) is 18.4. The van der Waals surface area contributed by atoms with Crippen LogP contribution in [-0.2, 0) is 4.79 Å². The summed E-state index contributed by atoms with van der Waals surface area (Å²) in [6.45, 7) is 4.04. The number of carbonyl (C=O) groups excluding carboxylic acids is 1. The average Bonchev–Trinajstić information content (AvgIpc) is 2.60. The highest BCUT2D eigenvalue weighted by Crippen LogP contribution is 2.38. The second-order valence-electron chi connectivity index (χ2n) is 5.36. The summed E-state index contributed by atoms with van der Waals surface area (Å²) in [4.78, 5) is 11.8. The van der Waals surface area contributed by atoms with Crippen molar-refractivity contribution in [2.24, 2.45) is 0 Å². The molecule has 0 saturated carbocycles. The van der Waals surface area contributed by atoms with Crippen molar-refractivity contribution in [2.75, 3.05) is 20.8 Å². The van der Waals surface area contributed by atoms with Gasteiger partial charge in [-0.25, -0.2) is 0 Å². The topological polar surface area (TPSA) is 56.8 Å². The van der Waals surface area contributed by atoms with E-state index in [1.807, 2.05) is 43.3 Å². The molecule has 0 unspecified atom stereocenters. The van der Waals surface area contributed by atoms with Gasteiger partial charge in [0.2, 0.25) is 5.91 Å². The number of carbonyl (C=O) groups is 1. The van der Waals surface area contributed by atoms with Gasteiger partial charge in [-0.3, -0.25) is 4.79 Å². The van der Waals surface area contributed by atoms with Gasteiger partial charge in [0.25, 0.3) is 0 Å². The zero-order valence-electron chi connectivity index (χ0n) is 14.8. The molecule has 1 N–H and O–H groups in total. The van der Waals surface area contributed by atoms with E-state index >= 15 is 0 Å². The van der Waals surface area contributed by atoms with Crippen molar-refractivity contribution in [1.82, 2.24) is 5.32 Å². The highest BCUT2D eigenvalue weighted by molar-refractivity contribution is 9.10. The van der Waals surface area contributed by atoms with Crippen LogP contribution >= 0.6 is 15.9 Å². The Balaban J connectivity index is 2.48. The molecule has 134 valence electrons. The first-order valence-electron chi connectivity index (χ1n) is 7.91. The van der Waals surface area contributed by atoms with Crippen molar-refractivity contribution in [2.45, 2.75) is 19.9 Å². The molecule has 2 rings (SSSR count). The summed E-state index contributed by atoms with van der Waals surface area (Å²) in [6, 6.07) is 11.0. The van der Waals surface area contributed by atoms with Gasteiger partial charge in [-0.15, -0.1) is 0 Å². The fraction of sp³-hybridized carbons (Fsp3) is 0.316. The molecule has 0 heterocycles. The molecule has 0 saturated heterocycles. The average molecular weight is 408 g/mol. The lowest BCUT2D eigenvalue weighted by Crippen LogP contribution is -2.27. The predicted octanol–water partition coefficient (Wildman–Crippen LogP) is 4.09. The number of nitrogens with one attached hydrogen (secondary N) is 1. The number of benzene rings is 2. The molecule has 2 aromatic carbocycles. The maximum absolute atomic E-state index is 11.8. The quantitative estimate of drug-likeness (QED) is 0.750. The third-order valence-corrected chi connectivity index (χ3v) is 4.37. The van der Waals surface area contributed by atoms with E-state index in [0.29, 0.717) is 18.1 Å². The van der Waals surface area contributed by atoms with Crippen LogP contribution in [0, 0.1) is 0 Å². The molecule has 0 aliphatic carbocycles. The number of ether oxygens (including phenoxy) is 3.